The number of aryl methyl sites for hydroxylation is 2. The number of rotatable bonds is 4. The molecule has 0 amide bonds. The average Bonchev–Trinajstić information content (AvgIpc) is 2.58. The largest absolute Gasteiger partial charge is 0.458 e. The minimum Gasteiger partial charge on any atom is -0.458 e. The minimum atomic E-state index is -0.464. The highest BCUT2D eigenvalue weighted by atomic mass is 16.5. The summed E-state index contributed by atoms with van der Waals surface area (Å²) in [6.45, 7) is 3.94. The maximum Gasteiger partial charge on any atom is 0.336 e. The molecule has 0 aliphatic rings. The molecule has 0 aliphatic carbocycles. The third-order valence-corrected chi connectivity index (χ3v) is 3.84. The quantitative estimate of drug-likeness (QED) is 0.408. The second-order valence-electron chi connectivity index (χ2n) is 5.94. The Labute approximate surface area is 145 Å². The number of hydrogen-bond donors (Lipinski definition) is 0. The van der Waals surface area contributed by atoms with E-state index in [9.17, 15) is 9.59 Å². The van der Waals surface area contributed by atoms with Gasteiger partial charge >= 0.3 is 11.6 Å². The van der Waals surface area contributed by atoms with E-state index in [0.29, 0.717) is 11.1 Å². The van der Waals surface area contributed by atoms with Crippen molar-refractivity contribution in [1.82, 2.24) is 0 Å². The Bertz CT molecular complexity index is 995. The summed E-state index contributed by atoms with van der Waals surface area (Å²) in [6, 6.07) is 14.7. The molecule has 0 saturated heterocycles. The zero-order valence-corrected chi connectivity index (χ0v) is 14.1. The average molecular weight is 334 g/mol. The predicted octanol–water partition coefficient (Wildman–Crippen LogP) is 4.17. The van der Waals surface area contributed by atoms with Gasteiger partial charge in [-0.1, -0.05) is 42.0 Å². The van der Waals surface area contributed by atoms with Gasteiger partial charge in [0.2, 0.25) is 0 Å². The zero-order chi connectivity index (χ0) is 17.8. The molecular formula is C21H18O4. The zero-order valence-electron chi connectivity index (χ0n) is 14.1. The first kappa shape index (κ1) is 16.7. The van der Waals surface area contributed by atoms with E-state index in [4.69, 9.17) is 9.15 Å². The fourth-order valence-corrected chi connectivity index (χ4v) is 2.50. The molecule has 126 valence electrons. The number of carbonyl (C=O) groups excluding carboxylic acids is 1. The predicted molar refractivity (Wildman–Crippen MR) is 97.2 cm³/mol. The molecule has 0 N–H and O–H groups in total. The summed E-state index contributed by atoms with van der Waals surface area (Å²) in [5.74, 6) is -0.464. The normalized spacial score (nSPS) is 11.1. The van der Waals surface area contributed by atoms with Crippen molar-refractivity contribution >= 4 is 23.0 Å². The minimum absolute atomic E-state index is 0.0161. The van der Waals surface area contributed by atoms with Crippen molar-refractivity contribution in [3.8, 4) is 0 Å². The molecule has 25 heavy (non-hydrogen) atoms. The third kappa shape index (κ3) is 4.23. The van der Waals surface area contributed by atoms with Gasteiger partial charge in [0, 0.05) is 23.1 Å². The van der Waals surface area contributed by atoms with E-state index < -0.39 is 11.6 Å². The molecule has 0 spiro atoms. The highest BCUT2D eigenvalue weighted by molar-refractivity contribution is 5.87. The first-order chi connectivity index (χ1) is 12.0. The molecule has 0 radical (unpaired) electrons. The van der Waals surface area contributed by atoms with Crippen LogP contribution in [0, 0.1) is 13.8 Å². The lowest BCUT2D eigenvalue weighted by Crippen LogP contribution is -2.05. The number of ether oxygens (including phenoxy) is 1. The Morgan fingerprint density at radius 2 is 1.76 bits per heavy atom. The summed E-state index contributed by atoms with van der Waals surface area (Å²) in [5, 5.41) is 0.764. The standard InChI is InChI=1S/C21H18O4/c1-14-3-6-16(7-4-14)8-10-20(22)24-13-17-12-21(23)25-19-11-15(2)5-9-18(17)19/h3-12H,13H2,1-2H3/b10-8+. The van der Waals surface area contributed by atoms with Gasteiger partial charge in [0.15, 0.2) is 0 Å². The number of fused-ring (bicyclic) bond motifs is 1. The summed E-state index contributed by atoms with van der Waals surface area (Å²) in [6.07, 6.45) is 3.07. The monoisotopic (exact) mass is 334 g/mol. The fourth-order valence-electron chi connectivity index (χ4n) is 2.50. The second kappa shape index (κ2) is 7.18. The van der Waals surface area contributed by atoms with Crippen LogP contribution >= 0.6 is 0 Å². The van der Waals surface area contributed by atoms with Crippen molar-refractivity contribution in [1.29, 1.82) is 0 Å². The van der Waals surface area contributed by atoms with Crippen LogP contribution in [0.25, 0.3) is 17.0 Å². The van der Waals surface area contributed by atoms with Crippen molar-refractivity contribution in [2.24, 2.45) is 0 Å². The Morgan fingerprint density at radius 1 is 1.04 bits per heavy atom. The highest BCUT2D eigenvalue weighted by Gasteiger charge is 2.08. The Balaban J connectivity index is 1.73. The van der Waals surface area contributed by atoms with E-state index in [-0.39, 0.29) is 6.61 Å². The van der Waals surface area contributed by atoms with Crippen LogP contribution in [0.3, 0.4) is 0 Å². The van der Waals surface area contributed by atoms with E-state index in [0.717, 1.165) is 22.1 Å². The first-order valence-electron chi connectivity index (χ1n) is 7.96. The van der Waals surface area contributed by atoms with Crippen molar-refractivity contribution in [3.05, 3.63) is 87.3 Å². The fraction of sp³-hybridized carbons (Fsp3) is 0.143. The third-order valence-electron chi connectivity index (χ3n) is 3.84. The molecule has 3 aromatic rings. The van der Waals surface area contributed by atoms with Gasteiger partial charge in [-0.3, -0.25) is 0 Å². The number of carbonyl (C=O) groups is 1. The number of benzene rings is 2. The molecule has 0 fully saturated rings. The van der Waals surface area contributed by atoms with E-state index in [2.05, 4.69) is 0 Å². The van der Waals surface area contributed by atoms with Crippen molar-refractivity contribution in [2.75, 3.05) is 0 Å². The summed E-state index contributed by atoms with van der Waals surface area (Å²) < 4.78 is 10.5. The topological polar surface area (TPSA) is 56.5 Å². The van der Waals surface area contributed by atoms with Crippen molar-refractivity contribution in [3.63, 3.8) is 0 Å². The van der Waals surface area contributed by atoms with Crippen molar-refractivity contribution in [2.45, 2.75) is 20.5 Å². The summed E-state index contributed by atoms with van der Waals surface area (Å²) in [5.41, 5.74) is 3.73. The molecule has 0 atom stereocenters. The maximum absolute atomic E-state index is 11.9. The Hall–Kier alpha value is -3.14. The molecule has 2 aromatic carbocycles. The molecular weight excluding hydrogens is 316 g/mol. The lowest BCUT2D eigenvalue weighted by atomic mass is 10.1. The van der Waals surface area contributed by atoms with E-state index in [1.165, 1.54) is 12.1 Å². The SMILES string of the molecule is Cc1ccc(/C=C/C(=O)OCc2cc(=O)oc3cc(C)ccc23)cc1. The molecule has 0 aliphatic heterocycles. The van der Waals surface area contributed by atoms with Gasteiger partial charge in [-0.2, -0.15) is 0 Å². The lowest BCUT2D eigenvalue weighted by Gasteiger charge is -2.06. The lowest BCUT2D eigenvalue weighted by molar-refractivity contribution is -0.138. The van der Waals surface area contributed by atoms with Gasteiger partial charge in [-0.15, -0.1) is 0 Å². The van der Waals surface area contributed by atoms with E-state index >= 15 is 0 Å². The van der Waals surface area contributed by atoms with Crippen LogP contribution < -0.4 is 5.63 Å². The molecule has 0 unspecified atom stereocenters. The van der Waals surface area contributed by atoms with Crippen LogP contribution in [-0.4, -0.2) is 5.97 Å². The van der Waals surface area contributed by atoms with Gasteiger partial charge in [-0.25, -0.2) is 9.59 Å². The number of hydrogen-bond acceptors (Lipinski definition) is 4. The van der Waals surface area contributed by atoms with Crippen LogP contribution in [0.1, 0.15) is 22.3 Å². The van der Waals surface area contributed by atoms with Crippen LogP contribution in [0.4, 0.5) is 0 Å². The van der Waals surface area contributed by atoms with Gasteiger partial charge in [0.05, 0.1) is 0 Å². The Morgan fingerprint density at radius 3 is 2.52 bits per heavy atom. The first-order valence-corrected chi connectivity index (χ1v) is 7.96. The van der Waals surface area contributed by atoms with Gasteiger partial charge in [0.1, 0.15) is 12.2 Å². The molecule has 1 heterocycles. The smallest absolute Gasteiger partial charge is 0.336 e. The van der Waals surface area contributed by atoms with Gasteiger partial charge in [0.25, 0.3) is 0 Å². The molecule has 4 nitrogen and oxygen atoms in total. The highest BCUT2D eigenvalue weighted by Crippen LogP contribution is 2.19. The summed E-state index contributed by atoms with van der Waals surface area (Å²) in [7, 11) is 0. The van der Waals surface area contributed by atoms with Gasteiger partial charge < -0.3 is 9.15 Å². The van der Waals surface area contributed by atoms with Crippen molar-refractivity contribution < 1.29 is 13.9 Å². The van der Waals surface area contributed by atoms with E-state index in [1.54, 1.807) is 12.1 Å². The molecule has 4 heteroatoms. The summed E-state index contributed by atoms with van der Waals surface area (Å²) >= 11 is 0. The van der Waals surface area contributed by atoms with Crippen LogP contribution in [0.15, 0.2) is 63.8 Å². The van der Waals surface area contributed by atoms with Crippen LogP contribution in [0.5, 0.6) is 0 Å². The van der Waals surface area contributed by atoms with Crippen LogP contribution in [-0.2, 0) is 16.1 Å². The second-order valence-corrected chi connectivity index (χ2v) is 5.94. The van der Waals surface area contributed by atoms with E-state index in [1.807, 2.05) is 50.2 Å². The summed E-state index contributed by atoms with van der Waals surface area (Å²) in [4.78, 5) is 23.6. The molecule has 1 aromatic heterocycles. The Kier molecular flexibility index (Phi) is 4.80. The van der Waals surface area contributed by atoms with Crippen LogP contribution in [0.2, 0.25) is 0 Å². The van der Waals surface area contributed by atoms with Gasteiger partial charge in [-0.05, 0) is 37.1 Å². The molecule has 0 bridgehead atoms. The maximum atomic E-state index is 11.9. The number of esters is 1. The molecule has 3 rings (SSSR count). The molecule has 0 saturated carbocycles.